The molecule has 1 aliphatic heterocycles. The molecule has 2 nitrogen and oxygen atoms in total. The third-order valence-corrected chi connectivity index (χ3v) is 2.92. The average Bonchev–Trinajstić information content (AvgIpc) is 2.20. The van der Waals surface area contributed by atoms with Gasteiger partial charge < -0.3 is 10.7 Å². The Morgan fingerprint density at radius 1 is 0.786 bits per heavy atom. The van der Waals surface area contributed by atoms with Gasteiger partial charge in [-0.2, -0.15) is 0 Å². The molecular weight excluding hydrogens is 172 g/mol. The summed E-state index contributed by atoms with van der Waals surface area (Å²) < 4.78 is 0. The summed E-state index contributed by atoms with van der Waals surface area (Å²) in [6.45, 7) is 1.92. The summed E-state index contributed by atoms with van der Waals surface area (Å²) in [6, 6.07) is 0. The Hall–Kier alpha value is -0.370. The molecular formula is C12H24N2. The summed E-state index contributed by atoms with van der Waals surface area (Å²) in [4.78, 5) is 0. The molecule has 82 valence electrons. The molecule has 14 heavy (non-hydrogen) atoms. The number of hydrogen-bond acceptors (Lipinski definition) is 2. The van der Waals surface area contributed by atoms with Gasteiger partial charge >= 0.3 is 0 Å². The molecule has 2 heteroatoms. The van der Waals surface area contributed by atoms with Crippen LogP contribution in [0.2, 0.25) is 0 Å². The molecule has 0 unspecified atom stereocenters. The van der Waals surface area contributed by atoms with E-state index in [0.29, 0.717) is 0 Å². The van der Waals surface area contributed by atoms with Crippen LogP contribution in [0.15, 0.2) is 0 Å². The maximum absolute atomic E-state index is 7.71. The van der Waals surface area contributed by atoms with Crippen molar-refractivity contribution in [1.82, 2.24) is 5.32 Å². The summed E-state index contributed by atoms with van der Waals surface area (Å²) in [6.07, 6.45) is 11.8. The van der Waals surface area contributed by atoms with Crippen LogP contribution in [0, 0.1) is 5.41 Å². The average molecular weight is 196 g/mol. The zero-order valence-corrected chi connectivity index (χ0v) is 9.28. The Morgan fingerprint density at radius 2 is 1.36 bits per heavy atom. The minimum absolute atomic E-state index is 0.819. The van der Waals surface area contributed by atoms with E-state index in [2.05, 4.69) is 5.32 Å². The van der Waals surface area contributed by atoms with Gasteiger partial charge in [-0.3, -0.25) is 0 Å². The molecule has 1 aliphatic rings. The van der Waals surface area contributed by atoms with Crippen molar-refractivity contribution in [2.75, 3.05) is 13.1 Å². The van der Waals surface area contributed by atoms with Crippen molar-refractivity contribution >= 4 is 5.71 Å². The lowest BCUT2D eigenvalue weighted by Gasteiger charge is -2.04. The fourth-order valence-electron chi connectivity index (χ4n) is 1.98. The van der Waals surface area contributed by atoms with Crippen LogP contribution in [-0.4, -0.2) is 18.8 Å². The van der Waals surface area contributed by atoms with Gasteiger partial charge in [0.1, 0.15) is 0 Å². The van der Waals surface area contributed by atoms with Gasteiger partial charge in [0.05, 0.1) is 0 Å². The van der Waals surface area contributed by atoms with Crippen molar-refractivity contribution in [3.63, 3.8) is 0 Å². The van der Waals surface area contributed by atoms with Gasteiger partial charge in [-0.1, -0.05) is 38.5 Å². The summed E-state index contributed by atoms with van der Waals surface area (Å²) in [5, 5.41) is 11.1. The van der Waals surface area contributed by atoms with E-state index >= 15 is 0 Å². The predicted molar refractivity (Wildman–Crippen MR) is 62.1 cm³/mol. The Balaban J connectivity index is 2.15. The van der Waals surface area contributed by atoms with E-state index in [0.717, 1.165) is 25.2 Å². The topological polar surface area (TPSA) is 35.9 Å². The highest BCUT2D eigenvalue weighted by Gasteiger charge is 1.99. The lowest BCUT2D eigenvalue weighted by Crippen LogP contribution is -2.23. The molecule has 1 saturated heterocycles. The highest BCUT2D eigenvalue weighted by Crippen LogP contribution is 2.10. The van der Waals surface area contributed by atoms with Crippen LogP contribution in [0.3, 0.4) is 0 Å². The van der Waals surface area contributed by atoms with Crippen molar-refractivity contribution in [2.24, 2.45) is 0 Å². The van der Waals surface area contributed by atoms with Gasteiger partial charge in [-0.05, 0) is 25.8 Å². The first-order valence-corrected chi connectivity index (χ1v) is 6.16. The molecule has 0 atom stereocenters. The smallest absolute Gasteiger partial charge is 0.0332 e. The second-order valence-corrected chi connectivity index (χ2v) is 4.36. The lowest BCUT2D eigenvalue weighted by atomic mass is 10.1. The first-order chi connectivity index (χ1) is 6.89. The number of hydrogen-bond donors (Lipinski definition) is 2. The zero-order valence-electron chi connectivity index (χ0n) is 9.28. The zero-order chi connectivity index (χ0) is 10.1. The van der Waals surface area contributed by atoms with Crippen LogP contribution in [0.5, 0.6) is 0 Å². The molecule has 0 amide bonds. The molecule has 1 heterocycles. The van der Waals surface area contributed by atoms with Crippen LogP contribution >= 0.6 is 0 Å². The maximum Gasteiger partial charge on any atom is 0.0332 e. The van der Waals surface area contributed by atoms with Gasteiger partial charge in [-0.15, -0.1) is 0 Å². The van der Waals surface area contributed by atoms with Crippen LogP contribution in [0.25, 0.3) is 0 Å². The SMILES string of the molecule is N=C1CCCCCCCCCCNC1. The third-order valence-electron chi connectivity index (χ3n) is 2.92. The summed E-state index contributed by atoms with van der Waals surface area (Å²) in [7, 11) is 0. The minimum atomic E-state index is 0.819. The number of nitrogens with one attached hydrogen (secondary N) is 2. The first kappa shape index (κ1) is 11.7. The van der Waals surface area contributed by atoms with E-state index in [-0.39, 0.29) is 0 Å². The van der Waals surface area contributed by atoms with Crippen LogP contribution in [0.4, 0.5) is 0 Å². The van der Waals surface area contributed by atoms with Gasteiger partial charge in [0.25, 0.3) is 0 Å². The summed E-state index contributed by atoms with van der Waals surface area (Å²) in [5.41, 5.74) is 0.893. The largest absolute Gasteiger partial charge is 0.311 e. The molecule has 0 spiro atoms. The Labute approximate surface area is 88.0 Å². The van der Waals surface area contributed by atoms with Crippen molar-refractivity contribution in [3.8, 4) is 0 Å². The van der Waals surface area contributed by atoms with Crippen molar-refractivity contribution in [1.29, 1.82) is 5.41 Å². The molecule has 0 aromatic rings. The highest BCUT2D eigenvalue weighted by molar-refractivity contribution is 5.83. The number of rotatable bonds is 0. The van der Waals surface area contributed by atoms with E-state index in [4.69, 9.17) is 5.41 Å². The summed E-state index contributed by atoms with van der Waals surface area (Å²) >= 11 is 0. The molecule has 2 N–H and O–H groups in total. The molecule has 0 saturated carbocycles. The van der Waals surface area contributed by atoms with Gasteiger partial charge in [0, 0.05) is 12.3 Å². The fraction of sp³-hybridized carbons (Fsp3) is 0.917. The molecule has 1 fully saturated rings. The van der Waals surface area contributed by atoms with Gasteiger partial charge in [0.15, 0.2) is 0 Å². The van der Waals surface area contributed by atoms with Crippen molar-refractivity contribution in [3.05, 3.63) is 0 Å². The van der Waals surface area contributed by atoms with Crippen molar-refractivity contribution < 1.29 is 0 Å². The standard InChI is InChI=1S/C12H24N2/c13-12-9-7-5-3-1-2-4-6-8-10-14-11-12/h13-14H,1-11H2. The summed E-state index contributed by atoms with van der Waals surface area (Å²) in [5.74, 6) is 0. The highest BCUT2D eigenvalue weighted by atomic mass is 14.9. The second kappa shape index (κ2) is 7.98. The van der Waals surface area contributed by atoms with Gasteiger partial charge in [0.2, 0.25) is 0 Å². The van der Waals surface area contributed by atoms with E-state index in [1.807, 2.05) is 0 Å². The van der Waals surface area contributed by atoms with E-state index in [1.54, 1.807) is 0 Å². The Kier molecular flexibility index (Phi) is 6.67. The molecule has 0 bridgehead atoms. The minimum Gasteiger partial charge on any atom is -0.311 e. The van der Waals surface area contributed by atoms with Crippen LogP contribution < -0.4 is 5.32 Å². The van der Waals surface area contributed by atoms with Gasteiger partial charge in [-0.25, -0.2) is 0 Å². The fourth-order valence-corrected chi connectivity index (χ4v) is 1.98. The lowest BCUT2D eigenvalue weighted by molar-refractivity contribution is 0.567. The van der Waals surface area contributed by atoms with E-state index < -0.39 is 0 Å². The second-order valence-electron chi connectivity index (χ2n) is 4.36. The normalized spacial score (nSPS) is 23.3. The molecule has 0 aromatic heterocycles. The Morgan fingerprint density at radius 3 is 2.07 bits per heavy atom. The van der Waals surface area contributed by atoms with E-state index in [9.17, 15) is 0 Å². The van der Waals surface area contributed by atoms with Crippen LogP contribution in [-0.2, 0) is 0 Å². The monoisotopic (exact) mass is 196 g/mol. The molecule has 0 aromatic carbocycles. The third kappa shape index (κ3) is 6.14. The maximum atomic E-state index is 7.71. The molecule has 0 radical (unpaired) electrons. The van der Waals surface area contributed by atoms with E-state index in [1.165, 1.54) is 51.4 Å². The molecule has 0 aliphatic carbocycles. The quantitative estimate of drug-likeness (QED) is 0.613. The first-order valence-electron chi connectivity index (χ1n) is 6.16. The Bertz CT molecular complexity index is 138. The predicted octanol–water partition coefficient (Wildman–Crippen LogP) is 3.12. The van der Waals surface area contributed by atoms with Crippen molar-refractivity contribution in [2.45, 2.75) is 57.8 Å². The molecule has 1 rings (SSSR count). The van der Waals surface area contributed by atoms with Crippen LogP contribution in [0.1, 0.15) is 57.8 Å².